The fraction of sp³-hybridized carbons (Fsp3) is 0.278. The third kappa shape index (κ3) is 3.56. The van der Waals surface area contributed by atoms with Crippen molar-refractivity contribution < 1.29 is 4.52 Å². The number of hydrogen-bond acceptors (Lipinski definition) is 6. The zero-order chi connectivity index (χ0) is 18.1. The van der Waals surface area contributed by atoms with Crippen LogP contribution in [0.5, 0.6) is 0 Å². The Bertz CT molecular complexity index is 984. The van der Waals surface area contributed by atoms with Gasteiger partial charge in [0.05, 0.1) is 17.0 Å². The summed E-state index contributed by atoms with van der Waals surface area (Å²) in [6, 6.07) is 9.38. The molecule has 3 aromatic rings. The minimum Gasteiger partial charge on any atom is -0.356 e. The lowest BCUT2D eigenvalue weighted by atomic mass is 10.1. The summed E-state index contributed by atoms with van der Waals surface area (Å²) in [5.74, 6) is 0.707. The normalized spacial score (nSPS) is 14.4. The Labute approximate surface area is 159 Å². The maximum Gasteiger partial charge on any atom is 0.256 e. The van der Waals surface area contributed by atoms with Gasteiger partial charge in [-0.3, -0.25) is 9.69 Å². The summed E-state index contributed by atoms with van der Waals surface area (Å²) in [5.41, 5.74) is 3.36. The zero-order valence-electron chi connectivity index (χ0n) is 14.2. The van der Waals surface area contributed by atoms with Gasteiger partial charge in [0.1, 0.15) is 0 Å². The molecule has 0 saturated heterocycles. The van der Waals surface area contributed by atoms with E-state index in [0.29, 0.717) is 29.0 Å². The number of halogens is 1. The number of hydrogen-bond donors (Lipinski definition) is 1. The van der Waals surface area contributed by atoms with Gasteiger partial charge in [0.2, 0.25) is 0 Å². The van der Waals surface area contributed by atoms with Crippen molar-refractivity contribution in [2.24, 2.45) is 0 Å². The van der Waals surface area contributed by atoms with Crippen molar-refractivity contribution in [1.29, 1.82) is 0 Å². The molecule has 1 N–H and O–H groups in total. The molecule has 4 rings (SSSR count). The molecule has 26 heavy (non-hydrogen) atoms. The minimum absolute atomic E-state index is 0.0499. The van der Waals surface area contributed by atoms with Gasteiger partial charge in [-0.15, -0.1) is 0 Å². The summed E-state index contributed by atoms with van der Waals surface area (Å²) in [6.07, 6.45) is 2.66. The van der Waals surface area contributed by atoms with Gasteiger partial charge in [-0.05, 0) is 30.5 Å². The van der Waals surface area contributed by atoms with E-state index in [9.17, 15) is 4.79 Å². The van der Waals surface area contributed by atoms with Crippen LogP contribution in [-0.2, 0) is 19.5 Å². The van der Waals surface area contributed by atoms with Gasteiger partial charge in [-0.25, -0.2) is 4.98 Å². The van der Waals surface area contributed by atoms with Gasteiger partial charge in [0, 0.05) is 42.7 Å². The highest BCUT2D eigenvalue weighted by molar-refractivity contribution is 7.98. The number of rotatable bonds is 4. The quantitative estimate of drug-likeness (QED) is 0.545. The van der Waals surface area contributed by atoms with Crippen molar-refractivity contribution in [2.45, 2.75) is 24.7 Å². The molecule has 8 heteroatoms. The second-order valence-electron chi connectivity index (χ2n) is 6.15. The lowest BCUT2D eigenvalue weighted by molar-refractivity contribution is 0.233. The van der Waals surface area contributed by atoms with Gasteiger partial charge >= 0.3 is 0 Å². The molecule has 0 saturated carbocycles. The molecule has 3 heterocycles. The third-order valence-corrected chi connectivity index (χ3v) is 5.22. The molecule has 1 aliphatic rings. The molecule has 0 unspecified atom stereocenters. The first-order chi connectivity index (χ1) is 12.6. The number of nitrogens with zero attached hydrogens (tertiary/aromatic N) is 3. The molecule has 0 spiro atoms. The molecule has 2 aromatic heterocycles. The monoisotopic (exact) mass is 388 g/mol. The smallest absolute Gasteiger partial charge is 0.256 e. The molecular weight excluding hydrogens is 372 g/mol. The Kier molecular flexibility index (Phi) is 4.84. The summed E-state index contributed by atoms with van der Waals surface area (Å²) in [5, 5.41) is 5.52. The summed E-state index contributed by atoms with van der Waals surface area (Å²) < 4.78 is 5.45. The fourth-order valence-electron chi connectivity index (χ4n) is 3.06. The van der Waals surface area contributed by atoms with Gasteiger partial charge in [-0.1, -0.05) is 28.5 Å². The highest BCUT2D eigenvalue weighted by atomic mass is 35.5. The number of H-pyrrole nitrogens is 1. The van der Waals surface area contributed by atoms with Crippen LogP contribution >= 0.6 is 23.4 Å². The van der Waals surface area contributed by atoms with E-state index in [1.54, 1.807) is 0 Å². The van der Waals surface area contributed by atoms with Crippen molar-refractivity contribution in [3.63, 3.8) is 0 Å². The second kappa shape index (κ2) is 7.26. The van der Waals surface area contributed by atoms with Crippen LogP contribution in [0.15, 0.2) is 44.8 Å². The number of benzene rings is 1. The number of nitrogens with one attached hydrogen (secondary N) is 1. The Hall–Kier alpha value is -2.09. The molecule has 0 atom stereocenters. The summed E-state index contributed by atoms with van der Waals surface area (Å²) in [7, 11) is 0. The molecule has 1 aromatic carbocycles. The van der Waals surface area contributed by atoms with Crippen LogP contribution < -0.4 is 5.56 Å². The first-order valence-corrected chi connectivity index (χ1v) is 9.82. The lowest BCUT2D eigenvalue weighted by Crippen LogP contribution is -2.35. The first-order valence-electron chi connectivity index (χ1n) is 8.22. The van der Waals surface area contributed by atoms with E-state index in [4.69, 9.17) is 16.1 Å². The predicted molar refractivity (Wildman–Crippen MR) is 101 cm³/mol. The number of aromatic amines is 1. The van der Waals surface area contributed by atoms with Gasteiger partial charge in [0.25, 0.3) is 5.56 Å². The standard InChI is InChI=1S/C18H17ClN4O2S/c1-26-18-20-15-6-7-23(10-14(15)17(24)21-18)9-13-8-16(25-22-13)11-2-4-12(19)5-3-11/h2-5,8H,6-7,9-10H2,1H3,(H,20,21,24). The van der Waals surface area contributed by atoms with Gasteiger partial charge in [0.15, 0.2) is 10.9 Å². The van der Waals surface area contributed by atoms with E-state index in [0.717, 1.165) is 35.5 Å². The lowest BCUT2D eigenvalue weighted by Gasteiger charge is -2.26. The van der Waals surface area contributed by atoms with E-state index in [1.165, 1.54) is 11.8 Å². The number of aromatic nitrogens is 3. The molecule has 0 amide bonds. The van der Waals surface area contributed by atoms with E-state index >= 15 is 0 Å². The Morgan fingerprint density at radius 3 is 2.92 bits per heavy atom. The van der Waals surface area contributed by atoms with Crippen molar-refractivity contribution in [3.05, 3.63) is 62.7 Å². The molecular formula is C18H17ClN4O2S. The SMILES string of the molecule is CSc1nc2c(c(=O)[nH]1)CN(Cc1cc(-c3ccc(Cl)cc3)on1)CC2. The summed E-state index contributed by atoms with van der Waals surface area (Å²) >= 11 is 7.37. The molecule has 0 fully saturated rings. The third-order valence-electron chi connectivity index (χ3n) is 4.39. The fourth-order valence-corrected chi connectivity index (χ4v) is 3.58. The molecule has 0 bridgehead atoms. The average Bonchev–Trinajstić information content (AvgIpc) is 3.11. The maximum absolute atomic E-state index is 12.3. The molecule has 1 aliphatic heterocycles. The largest absolute Gasteiger partial charge is 0.356 e. The van der Waals surface area contributed by atoms with Crippen LogP contribution in [0.2, 0.25) is 5.02 Å². The van der Waals surface area contributed by atoms with E-state index < -0.39 is 0 Å². The first kappa shape index (κ1) is 17.3. The van der Waals surface area contributed by atoms with Crippen LogP contribution in [0.1, 0.15) is 17.0 Å². The van der Waals surface area contributed by atoms with Crippen LogP contribution in [0.4, 0.5) is 0 Å². The summed E-state index contributed by atoms with van der Waals surface area (Å²) in [6.45, 7) is 2.02. The predicted octanol–water partition coefficient (Wildman–Crippen LogP) is 3.36. The van der Waals surface area contributed by atoms with E-state index in [2.05, 4.69) is 20.0 Å². The van der Waals surface area contributed by atoms with Crippen molar-refractivity contribution in [1.82, 2.24) is 20.0 Å². The van der Waals surface area contributed by atoms with Crippen LogP contribution in [0, 0.1) is 0 Å². The topological polar surface area (TPSA) is 75.0 Å². The average molecular weight is 389 g/mol. The Balaban J connectivity index is 1.49. The van der Waals surface area contributed by atoms with Crippen molar-refractivity contribution in [2.75, 3.05) is 12.8 Å². The van der Waals surface area contributed by atoms with Crippen LogP contribution in [0.25, 0.3) is 11.3 Å². The second-order valence-corrected chi connectivity index (χ2v) is 7.38. The van der Waals surface area contributed by atoms with Crippen LogP contribution in [-0.4, -0.2) is 32.8 Å². The molecule has 0 aliphatic carbocycles. The number of fused-ring (bicyclic) bond motifs is 1. The van der Waals surface area contributed by atoms with Crippen molar-refractivity contribution >= 4 is 23.4 Å². The van der Waals surface area contributed by atoms with Crippen LogP contribution in [0.3, 0.4) is 0 Å². The molecule has 6 nitrogen and oxygen atoms in total. The van der Waals surface area contributed by atoms with E-state index in [1.807, 2.05) is 36.6 Å². The van der Waals surface area contributed by atoms with Crippen molar-refractivity contribution in [3.8, 4) is 11.3 Å². The molecule has 0 radical (unpaired) electrons. The summed E-state index contributed by atoms with van der Waals surface area (Å²) in [4.78, 5) is 21.8. The van der Waals surface area contributed by atoms with Gasteiger partial charge in [-0.2, -0.15) is 0 Å². The highest BCUT2D eigenvalue weighted by Crippen LogP contribution is 2.24. The van der Waals surface area contributed by atoms with E-state index in [-0.39, 0.29) is 5.56 Å². The Morgan fingerprint density at radius 1 is 1.35 bits per heavy atom. The highest BCUT2D eigenvalue weighted by Gasteiger charge is 2.22. The van der Waals surface area contributed by atoms with Gasteiger partial charge < -0.3 is 9.51 Å². The number of thioether (sulfide) groups is 1. The maximum atomic E-state index is 12.3. The molecule has 134 valence electrons. The minimum atomic E-state index is -0.0499. The zero-order valence-corrected chi connectivity index (χ0v) is 15.7. The Morgan fingerprint density at radius 2 is 2.15 bits per heavy atom.